The van der Waals surface area contributed by atoms with E-state index in [1.54, 1.807) is 6.92 Å². The zero-order valence-corrected chi connectivity index (χ0v) is 18.4. The van der Waals surface area contributed by atoms with Crippen LogP contribution in [0.1, 0.15) is 65.5 Å². The summed E-state index contributed by atoms with van der Waals surface area (Å²) in [5.41, 5.74) is 2.57. The third kappa shape index (κ3) is 5.04. The highest BCUT2D eigenvalue weighted by Crippen LogP contribution is 2.36. The summed E-state index contributed by atoms with van der Waals surface area (Å²) in [6, 6.07) is 5.57. The molecule has 6 heteroatoms. The fourth-order valence-electron chi connectivity index (χ4n) is 3.49. The normalized spacial score (nSPS) is 16.8. The minimum Gasteiger partial charge on any atom is -0.490 e. The van der Waals surface area contributed by atoms with Gasteiger partial charge in [0.15, 0.2) is 22.4 Å². The van der Waals surface area contributed by atoms with E-state index in [0.717, 1.165) is 48.4 Å². The molecule has 0 radical (unpaired) electrons. The van der Waals surface area contributed by atoms with Gasteiger partial charge in [0.05, 0.1) is 19.3 Å². The van der Waals surface area contributed by atoms with Crippen molar-refractivity contribution in [3.8, 4) is 11.5 Å². The van der Waals surface area contributed by atoms with Crippen LogP contribution in [0.5, 0.6) is 11.5 Å². The van der Waals surface area contributed by atoms with E-state index in [2.05, 4.69) is 12.2 Å². The van der Waals surface area contributed by atoms with E-state index >= 15 is 0 Å². The largest absolute Gasteiger partial charge is 0.490 e. The number of ketones is 1. The molecule has 1 unspecified atom stereocenters. The molecule has 154 valence electrons. The molecule has 0 fully saturated rings. The third-order valence-corrected chi connectivity index (χ3v) is 5.24. The molecule has 0 aliphatic carbocycles. The van der Waals surface area contributed by atoms with Gasteiger partial charge in [-0.15, -0.1) is 0 Å². The van der Waals surface area contributed by atoms with E-state index in [0.29, 0.717) is 24.1 Å². The van der Waals surface area contributed by atoms with Crippen LogP contribution in [-0.4, -0.2) is 35.6 Å². The number of benzene rings is 1. The monoisotopic (exact) mass is 404 g/mol. The van der Waals surface area contributed by atoms with E-state index in [-0.39, 0.29) is 11.8 Å². The molecule has 0 saturated heterocycles. The number of ether oxygens (including phenoxy) is 2. The van der Waals surface area contributed by atoms with Crippen LogP contribution in [0, 0.1) is 0 Å². The lowest BCUT2D eigenvalue weighted by Crippen LogP contribution is -2.47. The maximum Gasteiger partial charge on any atom is 0.173 e. The Morgan fingerprint density at radius 2 is 1.93 bits per heavy atom. The van der Waals surface area contributed by atoms with Gasteiger partial charge < -0.3 is 19.7 Å². The first-order valence-corrected chi connectivity index (χ1v) is 10.5. The van der Waals surface area contributed by atoms with Crippen molar-refractivity contribution in [3.05, 3.63) is 35.0 Å². The quantitative estimate of drug-likeness (QED) is 0.448. The molecule has 1 heterocycles. The number of nitrogens with one attached hydrogen (secondary N) is 1. The van der Waals surface area contributed by atoms with Gasteiger partial charge in [-0.1, -0.05) is 25.8 Å². The molecule has 1 aliphatic heterocycles. The van der Waals surface area contributed by atoms with Gasteiger partial charge >= 0.3 is 0 Å². The summed E-state index contributed by atoms with van der Waals surface area (Å²) >= 11 is 5.53. The molecule has 5 nitrogen and oxygen atoms in total. The molecule has 2 rings (SSSR count). The molecule has 1 N–H and O–H groups in total. The lowest BCUT2D eigenvalue weighted by molar-refractivity contribution is -0.114. The number of Topliss-reactive ketones (excluding diaryl/α,β-unsaturated/α-hetero) is 1. The van der Waals surface area contributed by atoms with Crippen LogP contribution >= 0.6 is 12.2 Å². The molecular weight excluding hydrogens is 372 g/mol. The average molecular weight is 405 g/mol. The Hall–Kier alpha value is -2.08. The highest BCUT2D eigenvalue weighted by atomic mass is 32.1. The maximum absolute atomic E-state index is 12.4. The summed E-state index contributed by atoms with van der Waals surface area (Å²) in [5.74, 6) is 1.47. The molecule has 28 heavy (non-hydrogen) atoms. The van der Waals surface area contributed by atoms with E-state index in [1.807, 2.05) is 43.9 Å². The molecule has 1 atom stereocenters. The van der Waals surface area contributed by atoms with Crippen molar-refractivity contribution in [2.75, 3.05) is 19.8 Å². The predicted octanol–water partition coefficient (Wildman–Crippen LogP) is 4.77. The van der Waals surface area contributed by atoms with Gasteiger partial charge in [-0.25, -0.2) is 0 Å². The van der Waals surface area contributed by atoms with Crippen molar-refractivity contribution in [1.29, 1.82) is 0 Å². The Kier molecular flexibility index (Phi) is 8.30. The highest BCUT2D eigenvalue weighted by molar-refractivity contribution is 7.80. The molecule has 0 amide bonds. The summed E-state index contributed by atoms with van der Waals surface area (Å²) in [6.07, 6.45) is 3.32. The molecule has 1 aliphatic rings. The smallest absolute Gasteiger partial charge is 0.173 e. The lowest BCUT2D eigenvalue weighted by atomic mass is 9.92. The number of carbonyl (C=O) groups excluding carboxylic acids is 1. The molecule has 1 aromatic rings. The summed E-state index contributed by atoms with van der Waals surface area (Å²) < 4.78 is 11.7. The fraction of sp³-hybridized carbons (Fsp3) is 0.545. The van der Waals surface area contributed by atoms with Crippen LogP contribution in [0.3, 0.4) is 0 Å². The van der Waals surface area contributed by atoms with E-state index in [4.69, 9.17) is 21.7 Å². The Morgan fingerprint density at radius 1 is 1.18 bits per heavy atom. The number of hydrogen-bond donors (Lipinski definition) is 1. The lowest BCUT2D eigenvalue weighted by Gasteiger charge is -2.37. The first-order chi connectivity index (χ1) is 13.4. The average Bonchev–Trinajstić information content (AvgIpc) is 2.65. The van der Waals surface area contributed by atoms with Crippen LogP contribution in [0.2, 0.25) is 0 Å². The standard InChI is InChI=1S/C22H32N2O3S/c1-6-9-10-13-27-18-12-11-17(14-19(18)26-8-3)21-20(16(5)25)15(4)24(7-2)22(28)23-21/h11-12,14,21H,6-10,13H2,1-5H3,(H,23,28). The molecule has 0 saturated carbocycles. The second-order valence-electron chi connectivity index (χ2n) is 6.88. The third-order valence-electron chi connectivity index (χ3n) is 4.90. The Bertz CT molecular complexity index is 745. The molecule has 1 aromatic carbocycles. The van der Waals surface area contributed by atoms with Gasteiger partial charge in [0.1, 0.15) is 0 Å². The van der Waals surface area contributed by atoms with Crippen LogP contribution in [0.15, 0.2) is 29.5 Å². The Balaban J connectivity index is 2.37. The van der Waals surface area contributed by atoms with Gasteiger partial charge in [0.25, 0.3) is 0 Å². The molecular formula is C22H32N2O3S. The minimum absolute atomic E-state index is 0.0359. The Morgan fingerprint density at radius 3 is 2.54 bits per heavy atom. The molecule has 0 bridgehead atoms. The van der Waals surface area contributed by atoms with E-state index < -0.39 is 0 Å². The van der Waals surface area contributed by atoms with Crippen molar-refractivity contribution in [2.24, 2.45) is 0 Å². The fourth-order valence-corrected chi connectivity index (χ4v) is 3.88. The second kappa shape index (κ2) is 10.5. The number of rotatable bonds is 10. The van der Waals surface area contributed by atoms with Gasteiger partial charge in [0, 0.05) is 17.8 Å². The van der Waals surface area contributed by atoms with Crippen molar-refractivity contribution in [1.82, 2.24) is 10.2 Å². The van der Waals surface area contributed by atoms with Crippen LogP contribution in [0.25, 0.3) is 0 Å². The summed E-state index contributed by atoms with van der Waals surface area (Å²) in [6.45, 7) is 11.6. The zero-order valence-electron chi connectivity index (χ0n) is 17.6. The zero-order chi connectivity index (χ0) is 20.7. The van der Waals surface area contributed by atoms with Crippen molar-refractivity contribution < 1.29 is 14.3 Å². The minimum atomic E-state index is -0.291. The number of allylic oxidation sites excluding steroid dienone is 1. The number of hydrogen-bond acceptors (Lipinski definition) is 4. The van der Waals surface area contributed by atoms with Gasteiger partial charge in [-0.2, -0.15) is 0 Å². The number of thiocarbonyl (C=S) groups is 1. The van der Waals surface area contributed by atoms with E-state index in [1.165, 1.54) is 0 Å². The van der Waals surface area contributed by atoms with Crippen molar-refractivity contribution >= 4 is 23.1 Å². The predicted molar refractivity (Wildman–Crippen MR) is 117 cm³/mol. The summed E-state index contributed by atoms with van der Waals surface area (Å²) in [5, 5.41) is 3.96. The van der Waals surface area contributed by atoms with Gasteiger partial charge in [-0.3, -0.25) is 4.79 Å². The SMILES string of the molecule is CCCCCOc1ccc(C2NC(=S)N(CC)C(C)=C2C(C)=O)cc1OCC. The van der Waals surface area contributed by atoms with Crippen LogP contribution in [0.4, 0.5) is 0 Å². The maximum atomic E-state index is 12.4. The summed E-state index contributed by atoms with van der Waals surface area (Å²) in [7, 11) is 0. The molecule has 0 spiro atoms. The first-order valence-electron chi connectivity index (χ1n) is 10.1. The number of unbranched alkanes of at least 4 members (excludes halogenated alkanes) is 2. The number of nitrogens with zero attached hydrogens (tertiary/aromatic N) is 1. The number of carbonyl (C=O) groups is 1. The van der Waals surface area contributed by atoms with Crippen LogP contribution < -0.4 is 14.8 Å². The van der Waals surface area contributed by atoms with Crippen molar-refractivity contribution in [3.63, 3.8) is 0 Å². The summed E-state index contributed by atoms with van der Waals surface area (Å²) in [4.78, 5) is 14.4. The molecule has 0 aromatic heterocycles. The van der Waals surface area contributed by atoms with Crippen molar-refractivity contribution in [2.45, 2.75) is 59.9 Å². The van der Waals surface area contributed by atoms with Crippen LogP contribution in [-0.2, 0) is 4.79 Å². The van der Waals surface area contributed by atoms with E-state index in [9.17, 15) is 4.79 Å². The topological polar surface area (TPSA) is 50.8 Å². The van der Waals surface area contributed by atoms with Gasteiger partial charge in [-0.05, 0) is 64.0 Å². The Labute approximate surface area is 174 Å². The first kappa shape index (κ1) is 22.2. The van der Waals surface area contributed by atoms with Gasteiger partial charge in [0.2, 0.25) is 0 Å². The second-order valence-corrected chi connectivity index (χ2v) is 7.26. The highest BCUT2D eigenvalue weighted by Gasteiger charge is 2.32.